The highest BCUT2D eigenvalue weighted by molar-refractivity contribution is 5.75. The number of hydrogen-bond acceptors (Lipinski definition) is 5. The van der Waals surface area contributed by atoms with Crippen molar-refractivity contribution in [3.8, 4) is 0 Å². The van der Waals surface area contributed by atoms with E-state index < -0.39 is 0 Å². The van der Waals surface area contributed by atoms with Crippen LogP contribution in [0.5, 0.6) is 0 Å². The van der Waals surface area contributed by atoms with E-state index >= 15 is 0 Å². The summed E-state index contributed by atoms with van der Waals surface area (Å²) < 4.78 is 2.02. The molecule has 26 heavy (non-hydrogen) atoms. The molecule has 0 fully saturated rings. The molecular formula is C20H18N6. The fraction of sp³-hybridized carbons (Fsp3) is 0.150. The van der Waals surface area contributed by atoms with Gasteiger partial charge in [0.2, 0.25) is 5.95 Å². The van der Waals surface area contributed by atoms with Crippen molar-refractivity contribution in [2.75, 3.05) is 11.1 Å². The first-order valence-electron chi connectivity index (χ1n) is 8.68. The maximum Gasteiger partial charge on any atom is 0.229 e. The Kier molecular flexibility index (Phi) is 3.35. The van der Waals surface area contributed by atoms with Gasteiger partial charge in [0.25, 0.3) is 0 Å². The largest absolute Gasteiger partial charge is 0.399 e. The highest BCUT2D eigenvalue weighted by Crippen LogP contribution is 2.35. The number of nitrogens with one attached hydrogen (secondary N) is 1. The molecule has 6 nitrogen and oxygen atoms in total. The number of rotatable bonds is 3. The summed E-state index contributed by atoms with van der Waals surface area (Å²) in [6.45, 7) is 0. The smallest absolute Gasteiger partial charge is 0.229 e. The zero-order chi connectivity index (χ0) is 17.5. The van der Waals surface area contributed by atoms with E-state index in [9.17, 15) is 0 Å². The van der Waals surface area contributed by atoms with Crippen LogP contribution in [0.1, 0.15) is 23.6 Å². The summed E-state index contributed by atoms with van der Waals surface area (Å²) in [6, 6.07) is 16.3. The van der Waals surface area contributed by atoms with E-state index in [1.807, 2.05) is 41.3 Å². The predicted molar refractivity (Wildman–Crippen MR) is 102 cm³/mol. The van der Waals surface area contributed by atoms with Crippen molar-refractivity contribution in [1.82, 2.24) is 19.7 Å². The zero-order valence-electron chi connectivity index (χ0n) is 14.1. The first-order chi connectivity index (χ1) is 12.8. The van der Waals surface area contributed by atoms with Crippen LogP contribution in [0.2, 0.25) is 0 Å². The fourth-order valence-electron chi connectivity index (χ4n) is 3.61. The Morgan fingerprint density at radius 3 is 2.77 bits per heavy atom. The van der Waals surface area contributed by atoms with Gasteiger partial charge in [0.1, 0.15) is 0 Å². The van der Waals surface area contributed by atoms with E-state index in [1.54, 1.807) is 0 Å². The third-order valence-corrected chi connectivity index (χ3v) is 4.90. The van der Waals surface area contributed by atoms with Crippen LogP contribution >= 0.6 is 0 Å². The molecule has 2 aromatic heterocycles. The molecule has 4 aromatic rings. The van der Waals surface area contributed by atoms with Crippen LogP contribution in [0.15, 0.2) is 60.9 Å². The fourth-order valence-corrected chi connectivity index (χ4v) is 3.61. The highest BCUT2D eigenvalue weighted by atomic mass is 15.3. The Morgan fingerprint density at radius 2 is 1.88 bits per heavy atom. The van der Waals surface area contributed by atoms with E-state index in [2.05, 4.69) is 39.7 Å². The molecule has 0 spiro atoms. The Morgan fingerprint density at radius 1 is 1.04 bits per heavy atom. The number of aromatic nitrogens is 4. The molecule has 0 saturated carbocycles. The van der Waals surface area contributed by atoms with Crippen LogP contribution in [0.25, 0.3) is 11.0 Å². The molecule has 1 aliphatic carbocycles. The first-order valence-corrected chi connectivity index (χ1v) is 8.68. The number of nitrogens with two attached hydrogens (primary N) is 1. The molecule has 6 heteroatoms. The van der Waals surface area contributed by atoms with Crippen molar-refractivity contribution >= 4 is 28.4 Å². The number of benzene rings is 2. The van der Waals surface area contributed by atoms with Crippen molar-refractivity contribution in [2.24, 2.45) is 0 Å². The Labute approximate surface area is 150 Å². The van der Waals surface area contributed by atoms with E-state index in [0.717, 1.165) is 35.2 Å². The summed E-state index contributed by atoms with van der Waals surface area (Å²) in [5, 5.41) is 8.78. The second kappa shape index (κ2) is 5.84. The summed E-state index contributed by atoms with van der Waals surface area (Å²) in [5.74, 6) is 0.551. The topological polar surface area (TPSA) is 81.6 Å². The van der Waals surface area contributed by atoms with E-state index in [4.69, 9.17) is 10.7 Å². The molecule has 0 aliphatic heterocycles. The number of nitrogen functional groups attached to an aromatic ring is 1. The molecule has 0 radical (unpaired) electrons. The lowest BCUT2D eigenvalue weighted by Crippen LogP contribution is -2.10. The lowest BCUT2D eigenvalue weighted by molar-refractivity contribution is 0.533. The lowest BCUT2D eigenvalue weighted by Gasteiger charge is -2.13. The Bertz CT molecular complexity index is 1080. The van der Waals surface area contributed by atoms with Crippen LogP contribution in [-0.2, 0) is 6.42 Å². The van der Waals surface area contributed by atoms with E-state index in [0.29, 0.717) is 5.95 Å². The molecule has 1 aliphatic rings. The van der Waals surface area contributed by atoms with Gasteiger partial charge in [-0.3, -0.25) is 0 Å². The standard InChI is InChI=1S/C20H18N6/c21-15-6-8-16(9-7-15)24-20-22-11-14-12-23-26(19(14)25-20)18-10-5-13-3-1-2-4-17(13)18/h1-4,6-9,11-12,18H,5,10,21H2,(H,22,24,25)/t18-/m0/s1. The van der Waals surface area contributed by atoms with Gasteiger partial charge in [-0.2, -0.15) is 10.1 Å². The van der Waals surface area contributed by atoms with Gasteiger partial charge in [-0.1, -0.05) is 24.3 Å². The molecule has 0 amide bonds. The Balaban J connectivity index is 1.53. The third kappa shape index (κ3) is 2.47. The van der Waals surface area contributed by atoms with E-state index in [-0.39, 0.29) is 6.04 Å². The minimum atomic E-state index is 0.225. The monoisotopic (exact) mass is 342 g/mol. The lowest BCUT2D eigenvalue weighted by atomic mass is 10.1. The van der Waals surface area contributed by atoms with E-state index in [1.165, 1.54) is 11.1 Å². The molecule has 2 aromatic carbocycles. The number of nitrogens with zero attached hydrogens (tertiary/aromatic N) is 4. The maximum absolute atomic E-state index is 5.74. The maximum atomic E-state index is 5.74. The van der Waals surface area contributed by atoms with Gasteiger partial charge in [0.15, 0.2) is 5.65 Å². The normalized spacial score (nSPS) is 15.9. The summed E-state index contributed by atoms with van der Waals surface area (Å²) >= 11 is 0. The SMILES string of the molecule is Nc1ccc(Nc2ncc3cnn([C@H]4CCc5ccccc54)c3n2)cc1. The molecule has 3 N–H and O–H groups in total. The van der Waals surface area contributed by atoms with Crippen LogP contribution in [0.3, 0.4) is 0 Å². The van der Waals surface area contributed by atoms with Crippen LogP contribution in [-0.4, -0.2) is 19.7 Å². The van der Waals surface area contributed by atoms with Crippen molar-refractivity contribution in [3.05, 3.63) is 72.1 Å². The van der Waals surface area contributed by atoms with Crippen molar-refractivity contribution < 1.29 is 0 Å². The summed E-state index contributed by atoms with van der Waals surface area (Å²) in [6.07, 6.45) is 5.76. The summed E-state index contributed by atoms with van der Waals surface area (Å²) in [5.41, 5.74) is 10.9. The quantitative estimate of drug-likeness (QED) is 0.555. The average molecular weight is 342 g/mol. The van der Waals surface area contributed by atoms with Gasteiger partial charge < -0.3 is 11.1 Å². The minimum Gasteiger partial charge on any atom is -0.399 e. The van der Waals surface area contributed by atoms with Gasteiger partial charge in [0, 0.05) is 17.6 Å². The minimum absolute atomic E-state index is 0.225. The number of hydrogen-bond donors (Lipinski definition) is 2. The second-order valence-corrected chi connectivity index (χ2v) is 6.56. The molecule has 0 bridgehead atoms. The van der Waals surface area contributed by atoms with Crippen LogP contribution in [0, 0.1) is 0 Å². The predicted octanol–water partition coefficient (Wildman–Crippen LogP) is 3.69. The third-order valence-electron chi connectivity index (χ3n) is 4.90. The van der Waals surface area contributed by atoms with Gasteiger partial charge in [0.05, 0.1) is 17.6 Å². The van der Waals surface area contributed by atoms with Gasteiger partial charge in [-0.25, -0.2) is 9.67 Å². The number of aryl methyl sites for hydroxylation is 1. The van der Waals surface area contributed by atoms with Crippen molar-refractivity contribution in [3.63, 3.8) is 0 Å². The molecule has 1 atom stereocenters. The van der Waals surface area contributed by atoms with Crippen LogP contribution < -0.4 is 11.1 Å². The number of fused-ring (bicyclic) bond motifs is 2. The van der Waals surface area contributed by atoms with Crippen molar-refractivity contribution in [1.29, 1.82) is 0 Å². The van der Waals surface area contributed by atoms with Gasteiger partial charge in [-0.15, -0.1) is 0 Å². The zero-order valence-corrected chi connectivity index (χ0v) is 14.1. The highest BCUT2D eigenvalue weighted by Gasteiger charge is 2.25. The molecule has 5 rings (SSSR count). The molecule has 0 saturated heterocycles. The Hall–Kier alpha value is -3.41. The molecular weight excluding hydrogens is 324 g/mol. The molecule has 2 heterocycles. The number of anilines is 3. The first kappa shape index (κ1) is 14.9. The van der Waals surface area contributed by atoms with Crippen molar-refractivity contribution in [2.45, 2.75) is 18.9 Å². The average Bonchev–Trinajstić information content (AvgIpc) is 3.27. The second-order valence-electron chi connectivity index (χ2n) is 6.56. The summed E-state index contributed by atoms with van der Waals surface area (Å²) in [7, 11) is 0. The molecule has 0 unspecified atom stereocenters. The molecule has 128 valence electrons. The van der Waals surface area contributed by atoms with Gasteiger partial charge in [-0.05, 0) is 48.2 Å². The van der Waals surface area contributed by atoms with Crippen LogP contribution in [0.4, 0.5) is 17.3 Å². The van der Waals surface area contributed by atoms with Gasteiger partial charge >= 0.3 is 0 Å². The summed E-state index contributed by atoms with van der Waals surface area (Å²) in [4.78, 5) is 9.12.